The van der Waals surface area contributed by atoms with E-state index in [2.05, 4.69) is 15.5 Å². The fourth-order valence-corrected chi connectivity index (χ4v) is 2.42. The zero-order chi connectivity index (χ0) is 16.1. The molecule has 2 aromatic rings. The number of ether oxygens (including phenoxy) is 2. The summed E-state index contributed by atoms with van der Waals surface area (Å²) in [4.78, 5) is 11.8. The van der Waals surface area contributed by atoms with Crippen LogP contribution in [0, 0.1) is 0 Å². The number of carbonyl (C=O) groups is 1. The summed E-state index contributed by atoms with van der Waals surface area (Å²) < 4.78 is 16.1. The van der Waals surface area contributed by atoms with Crippen LogP contribution in [0.5, 0.6) is 5.75 Å². The standard InChI is InChI=1S/C16H19N3O4/c1-21-12-5-2-4-11(10-12)16-19-18-14(23-16)7-8-17-15(20)13-6-3-9-22-13/h2,4-5,10,13H,3,6-9H2,1H3,(H,17,20). The lowest BCUT2D eigenvalue weighted by Crippen LogP contribution is -2.35. The van der Waals surface area contributed by atoms with Crippen molar-refractivity contribution < 1.29 is 18.7 Å². The van der Waals surface area contributed by atoms with E-state index < -0.39 is 0 Å². The van der Waals surface area contributed by atoms with Crippen LogP contribution in [0.4, 0.5) is 0 Å². The number of amides is 1. The van der Waals surface area contributed by atoms with Crippen LogP contribution < -0.4 is 10.1 Å². The molecule has 1 aromatic carbocycles. The van der Waals surface area contributed by atoms with Gasteiger partial charge in [0, 0.05) is 25.1 Å². The normalized spacial score (nSPS) is 17.2. The minimum Gasteiger partial charge on any atom is -0.497 e. The van der Waals surface area contributed by atoms with E-state index in [-0.39, 0.29) is 12.0 Å². The smallest absolute Gasteiger partial charge is 0.249 e. The van der Waals surface area contributed by atoms with Crippen molar-refractivity contribution in [2.45, 2.75) is 25.4 Å². The molecule has 7 heteroatoms. The molecule has 1 saturated heterocycles. The van der Waals surface area contributed by atoms with Gasteiger partial charge in [-0.1, -0.05) is 6.07 Å². The van der Waals surface area contributed by atoms with E-state index in [0.717, 1.165) is 24.2 Å². The maximum absolute atomic E-state index is 11.8. The molecular weight excluding hydrogens is 298 g/mol. The highest BCUT2D eigenvalue weighted by molar-refractivity contribution is 5.80. The molecule has 7 nitrogen and oxygen atoms in total. The molecule has 2 heterocycles. The zero-order valence-corrected chi connectivity index (χ0v) is 12.9. The molecule has 1 fully saturated rings. The Balaban J connectivity index is 1.53. The molecule has 1 atom stereocenters. The summed E-state index contributed by atoms with van der Waals surface area (Å²) in [6.45, 7) is 1.10. The van der Waals surface area contributed by atoms with E-state index in [1.54, 1.807) is 7.11 Å². The van der Waals surface area contributed by atoms with E-state index in [9.17, 15) is 4.79 Å². The molecule has 1 aliphatic rings. The first-order valence-corrected chi connectivity index (χ1v) is 7.62. The van der Waals surface area contributed by atoms with Crippen molar-refractivity contribution in [1.29, 1.82) is 0 Å². The van der Waals surface area contributed by atoms with Gasteiger partial charge in [-0.25, -0.2) is 0 Å². The van der Waals surface area contributed by atoms with Crippen LogP contribution in [0.25, 0.3) is 11.5 Å². The maximum atomic E-state index is 11.8. The van der Waals surface area contributed by atoms with Crippen molar-refractivity contribution in [1.82, 2.24) is 15.5 Å². The maximum Gasteiger partial charge on any atom is 0.249 e. The lowest BCUT2D eigenvalue weighted by Gasteiger charge is -2.08. The molecule has 0 aliphatic carbocycles. The second kappa shape index (κ2) is 7.23. The fraction of sp³-hybridized carbons (Fsp3) is 0.438. The Kier molecular flexibility index (Phi) is 4.87. The number of rotatable bonds is 6. The molecule has 23 heavy (non-hydrogen) atoms. The number of hydrogen-bond donors (Lipinski definition) is 1. The molecule has 1 amide bonds. The summed E-state index contributed by atoms with van der Waals surface area (Å²) in [5.74, 6) is 1.57. The molecule has 1 N–H and O–H groups in total. The topological polar surface area (TPSA) is 86.5 Å². The van der Waals surface area contributed by atoms with Gasteiger partial charge in [0.1, 0.15) is 11.9 Å². The SMILES string of the molecule is COc1cccc(-c2nnc(CCNC(=O)C3CCCO3)o2)c1. The first-order valence-electron chi connectivity index (χ1n) is 7.62. The third-order valence-corrected chi connectivity index (χ3v) is 3.64. The highest BCUT2D eigenvalue weighted by Crippen LogP contribution is 2.22. The molecule has 3 rings (SSSR count). The summed E-state index contributed by atoms with van der Waals surface area (Å²) in [5.41, 5.74) is 0.798. The van der Waals surface area contributed by atoms with Crippen LogP contribution in [0.3, 0.4) is 0 Å². The van der Waals surface area contributed by atoms with Gasteiger partial charge in [-0.15, -0.1) is 10.2 Å². The van der Waals surface area contributed by atoms with E-state index in [0.29, 0.717) is 31.4 Å². The first kappa shape index (κ1) is 15.5. The summed E-state index contributed by atoms with van der Waals surface area (Å²) >= 11 is 0. The van der Waals surface area contributed by atoms with Crippen molar-refractivity contribution in [3.8, 4) is 17.2 Å². The third-order valence-electron chi connectivity index (χ3n) is 3.64. The van der Waals surface area contributed by atoms with Crippen molar-refractivity contribution in [2.24, 2.45) is 0 Å². The van der Waals surface area contributed by atoms with Crippen LogP contribution >= 0.6 is 0 Å². The zero-order valence-electron chi connectivity index (χ0n) is 12.9. The van der Waals surface area contributed by atoms with E-state index in [1.165, 1.54) is 0 Å². The number of nitrogens with zero attached hydrogens (tertiary/aromatic N) is 2. The molecule has 122 valence electrons. The summed E-state index contributed by atoms with van der Waals surface area (Å²) in [7, 11) is 1.61. The fourth-order valence-electron chi connectivity index (χ4n) is 2.42. The van der Waals surface area contributed by atoms with Gasteiger partial charge in [-0.3, -0.25) is 4.79 Å². The van der Waals surface area contributed by atoms with Gasteiger partial charge in [0.05, 0.1) is 7.11 Å². The van der Waals surface area contributed by atoms with Gasteiger partial charge in [-0.05, 0) is 31.0 Å². The summed E-state index contributed by atoms with van der Waals surface area (Å²) in [5, 5.41) is 10.9. The van der Waals surface area contributed by atoms with Gasteiger partial charge >= 0.3 is 0 Å². The average Bonchev–Trinajstić information content (AvgIpc) is 3.26. The van der Waals surface area contributed by atoms with Crippen LogP contribution in [0.1, 0.15) is 18.7 Å². The number of aromatic nitrogens is 2. The number of nitrogens with one attached hydrogen (secondary N) is 1. The third kappa shape index (κ3) is 3.87. The molecular formula is C16H19N3O4. The average molecular weight is 317 g/mol. The molecule has 0 bridgehead atoms. The highest BCUT2D eigenvalue weighted by Gasteiger charge is 2.23. The van der Waals surface area contributed by atoms with Crippen molar-refractivity contribution in [3.05, 3.63) is 30.2 Å². The Morgan fingerprint density at radius 1 is 1.43 bits per heavy atom. The molecule has 1 aliphatic heterocycles. The summed E-state index contributed by atoms with van der Waals surface area (Å²) in [6.07, 6.45) is 1.89. The van der Waals surface area contributed by atoms with Crippen LogP contribution in [0.2, 0.25) is 0 Å². The number of carbonyl (C=O) groups excluding carboxylic acids is 1. The van der Waals surface area contributed by atoms with Crippen LogP contribution in [0.15, 0.2) is 28.7 Å². The second-order valence-electron chi connectivity index (χ2n) is 5.28. The molecule has 0 spiro atoms. The van der Waals surface area contributed by atoms with Crippen LogP contribution in [-0.4, -0.2) is 42.5 Å². The minimum atomic E-state index is -0.315. The van der Waals surface area contributed by atoms with Crippen LogP contribution in [-0.2, 0) is 16.0 Å². The van der Waals surface area contributed by atoms with Crippen molar-refractivity contribution >= 4 is 5.91 Å². The molecule has 1 aromatic heterocycles. The lowest BCUT2D eigenvalue weighted by atomic mass is 10.2. The Hall–Kier alpha value is -2.41. The monoisotopic (exact) mass is 317 g/mol. The second-order valence-corrected chi connectivity index (χ2v) is 5.28. The van der Waals surface area contributed by atoms with Gasteiger partial charge in [0.2, 0.25) is 17.7 Å². The largest absolute Gasteiger partial charge is 0.497 e. The Morgan fingerprint density at radius 2 is 2.35 bits per heavy atom. The lowest BCUT2D eigenvalue weighted by molar-refractivity contribution is -0.130. The summed E-state index contributed by atoms with van der Waals surface area (Å²) in [6, 6.07) is 7.41. The molecule has 0 saturated carbocycles. The Bertz CT molecular complexity index is 665. The van der Waals surface area contributed by atoms with E-state index in [4.69, 9.17) is 13.9 Å². The van der Waals surface area contributed by atoms with Crippen molar-refractivity contribution in [2.75, 3.05) is 20.3 Å². The van der Waals surface area contributed by atoms with Gasteiger partial charge in [0.15, 0.2) is 0 Å². The number of methoxy groups -OCH3 is 1. The molecule has 1 unspecified atom stereocenters. The van der Waals surface area contributed by atoms with Crippen molar-refractivity contribution in [3.63, 3.8) is 0 Å². The van der Waals surface area contributed by atoms with Gasteiger partial charge < -0.3 is 19.2 Å². The van der Waals surface area contributed by atoms with E-state index >= 15 is 0 Å². The Morgan fingerprint density at radius 3 is 3.13 bits per heavy atom. The minimum absolute atomic E-state index is 0.0740. The highest BCUT2D eigenvalue weighted by atomic mass is 16.5. The molecule has 0 radical (unpaired) electrons. The first-order chi connectivity index (χ1) is 11.3. The number of hydrogen-bond acceptors (Lipinski definition) is 6. The quantitative estimate of drug-likeness (QED) is 0.870. The van der Waals surface area contributed by atoms with E-state index in [1.807, 2.05) is 24.3 Å². The number of benzene rings is 1. The Labute approximate surface area is 134 Å². The van der Waals surface area contributed by atoms with Gasteiger partial charge in [0.25, 0.3) is 0 Å². The predicted molar refractivity (Wildman–Crippen MR) is 82.0 cm³/mol. The van der Waals surface area contributed by atoms with Gasteiger partial charge in [-0.2, -0.15) is 0 Å². The predicted octanol–water partition coefficient (Wildman–Crippen LogP) is 1.58.